The topological polar surface area (TPSA) is 29.1 Å². The Morgan fingerprint density at radius 2 is 2.12 bits per heavy atom. The van der Waals surface area contributed by atoms with E-state index in [0.29, 0.717) is 11.3 Å². The van der Waals surface area contributed by atoms with Gasteiger partial charge in [0.2, 0.25) is 5.91 Å². The Hall–Kier alpha value is -0.530. The Morgan fingerprint density at radius 1 is 1.41 bits per heavy atom. The van der Waals surface area contributed by atoms with Crippen LogP contribution < -0.4 is 5.32 Å². The highest BCUT2D eigenvalue weighted by Crippen LogP contribution is 2.42. The van der Waals surface area contributed by atoms with Crippen LogP contribution in [0.3, 0.4) is 0 Å². The van der Waals surface area contributed by atoms with Crippen LogP contribution in [0.25, 0.3) is 0 Å². The molecule has 0 radical (unpaired) electrons. The maximum Gasteiger partial charge on any atom is 0.223 e. The fourth-order valence-corrected chi connectivity index (χ4v) is 3.01. The third kappa shape index (κ3) is 4.01. The molecule has 1 aliphatic carbocycles. The molecule has 0 bridgehead atoms. The summed E-state index contributed by atoms with van der Waals surface area (Å²) in [6, 6.07) is 0. The molecular weight excluding hydrogens is 210 g/mol. The number of carbonyl (C=O) groups excluding carboxylic acids is 1. The van der Waals surface area contributed by atoms with Gasteiger partial charge < -0.3 is 5.32 Å². The van der Waals surface area contributed by atoms with Crippen LogP contribution in [-0.2, 0) is 4.79 Å². The van der Waals surface area contributed by atoms with Gasteiger partial charge >= 0.3 is 0 Å². The van der Waals surface area contributed by atoms with Crippen molar-refractivity contribution < 1.29 is 4.79 Å². The smallest absolute Gasteiger partial charge is 0.223 e. The van der Waals surface area contributed by atoms with Crippen molar-refractivity contribution in [1.82, 2.24) is 5.32 Å². The Labute approximate surface area is 107 Å². The van der Waals surface area contributed by atoms with Crippen LogP contribution in [0, 0.1) is 17.3 Å². The second-order valence-corrected chi connectivity index (χ2v) is 6.22. The first-order chi connectivity index (χ1) is 8.01. The first-order valence-corrected chi connectivity index (χ1v) is 7.29. The molecule has 1 unspecified atom stereocenters. The molecule has 1 aliphatic rings. The summed E-state index contributed by atoms with van der Waals surface area (Å²) in [5.74, 6) is 1.17. The SMILES string of the molecule is CCCC(CC)C(=O)NC[C@H]1CCCC1(C)C. The number of nitrogens with one attached hydrogen (secondary N) is 1. The molecule has 0 saturated heterocycles. The highest BCUT2D eigenvalue weighted by molar-refractivity contribution is 5.78. The molecule has 1 fully saturated rings. The third-order valence-electron chi connectivity index (χ3n) is 4.50. The van der Waals surface area contributed by atoms with Crippen molar-refractivity contribution in [3.05, 3.63) is 0 Å². The van der Waals surface area contributed by atoms with Gasteiger partial charge in [-0.3, -0.25) is 4.79 Å². The first kappa shape index (κ1) is 14.5. The molecule has 1 saturated carbocycles. The van der Waals surface area contributed by atoms with E-state index in [0.717, 1.165) is 25.8 Å². The molecule has 0 heterocycles. The molecule has 1 N–H and O–H groups in total. The largest absolute Gasteiger partial charge is 0.356 e. The predicted molar refractivity (Wildman–Crippen MR) is 72.8 cm³/mol. The average Bonchev–Trinajstić information content (AvgIpc) is 2.62. The maximum atomic E-state index is 12.0. The van der Waals surface area contributed by atoms with E-state index in [2.05, 4.69) is 33.0 Å². The average molecular weight is 239 g/mol. The number of hydrogen-bond acceptors (Lipinski definition) is 1. The zero-order chi connectivity index (χ0) is 12.9. The van der Waals surface area contributed by atoms with Gasteiger partial charge in [-0.15, -0.1) is 0 Å². The lowest BCUT2D eigenvalue weighted by Crippen LogP contribution is -2.37. The van der Waals surface area contributed by atoms with Crippen LogP contribution >= 0.6 is 0 Å². The van der Waals surface area contributed by atoms with Crippen molar-refractivity contribution in [2.45, 2.75) is 66.2 Å². The Balaban J connectivity index is 2.37. The molecule has 17 heavy (non-hydrogen) atoms. The van der Waals surface area contributed by atoms with Gasteiger partial charge in [0, 0.05) is 12.5 Å². The molecule has 0 aliphatic heterocycles. The zero-order valence-electron chi connectivity index (χ0n) is 12.0. The summed E-state index contributed by atoms with van der Waals surface area (Å²) in [6.07, 6.45) is 6.99. The number of hydrogen-bond donors (Lipinski definition) is 1. The van der Waals surface area contributed by atoms with Gasteiger partial charge in [0.05, 0.1) is 0 Å². The molecule has 2 heteroatoms. The van der Waals surface area contributed by atoms with Gasteiger partial charge in [-0.25, -0.2) is 0 Å². The van der Waals surface area contributed by atoms with E-state index in [9.17, 15) is 4.79 Å². The second kappa shape index (κ2) is 6.42. The number of carbonyl (C=O) groups is 1. The molecule has 0 aromatic heterocycles. The van der Waals surface area contributed by atoms with E-state index in [1.54, 1.807) is 0 Å². The lowest BCUT2D eigenvalue weighted by molar-refractivity contribution is -0.125. The number of rotatable bonds is 6. The van der Waals surface area contributed by atoms with Crippen LogP contribution in [0.15, 0.2) is 0 Å². The summed E-state index contributed by atoms with van der Waals surface area (Å²) in [7, 11) is 0. The summed E-state index contributed by atoms with van der Waals surface area (Å²) < 4.78 is 0. The fraction of sp³-hybridized carbons (Fsp3) is 0.933. The quantitative estimate of drug-likeness (QED) is 0.751. The van der Waals surface area contributed by atoms with Crippen LogP contribution in [-0.4, -0.2) is 12.5 Å². The molecule has 2 atom stereocenters. The van der Waals surface area contributed by atoms with Gasteiger partial charge in [-0.05, 0) is 37.0 Å². The van der Waals surface area contributed by atoms with Crippen LogP contribution in [0.1, 0.15) is 66.2 Å². The molecular formula is C15H29NO. The first-order valence-electron chi connectivity index (χ1n) is 7.29. The van der Waals surface area contributed by atoms with Gasteiger partial charge in [0.15, 0.2) is 0 Å². The van der Waals surface area contributed by atoms with Gasteiger partial charge in [0.1, 0.15) is 0 Å². The molecule has 1 rings (SSSR count). The van der Waals surface area contributed by atoms with E-state index >= 15 is 0 Å². The van der Waals surface area contributed by atoms with Crippen LogP contribution in [0.5, 0.6) is 0 Å². The van der Waals surface area contributed by atoms with E-state index < -0.39 is 0 Å². The minimum atomic E-state index is 0.226. The Kier molecular flexibility index (Phi) is 5.48. The van der Waals surface area contributed by atoms with Gasteiger partial charge in [-0.2, -0.15) is 0 Å². The molecule has 0 aromatic rings. The molecule has 0 aromatic carbocycles. The van der Waals surface area contributed by atoms with E-state index in [1.807, 2.05) is 0 Å². The molecule has 2 nitrogen and oxygen atoms in total. The Morgan fingerprint density at radius 3 is 2.59 bits per heavy atom. The summed E-state index contributed by atoms with van der Waals surface area (Å²) in [4.78, 5) is 12.0. The lowest BCUT2D eigenvalue weighted by Gasteiger charge is -2.27. The number of amides is 1. The summed E-state index contributed by atoms with van der Waals surface area (Å²) in [6.45, 7) is 9.81. The second-order valence-electron chi connectivity index (χ2n) is 6.22. The summed E-state index contributed by atoms with van der Waals surface area (Å²) in [5, 5.41) is 3.18. The van der Waals surface area contributed by atoms with Crippen molar-refractivity contribution in [2.24, 2.45) is 17.3 Å². The highest BCUT2D eigenvalue weighted by atomic mass is 16.1. The zero-order valence-corrected chi connectivity index (χ0v) is 12.0. The van der Waals surface area contributed by atoms with Crippen molar-refractivity contribution in [3.8, 4) is 0 Å². The van der Waals surface area contributed by atoms with Crippen molar-refractivity contribution in [1.29, 1.82) is 0 Å². The van der Waals surface area contributed by atoms with E-state index in [4.69, 9.17) is 0 Å². The van der Waals surface area contributed by atoms with E-state index in [-0.39, 0.29) is 11.8 Å². The normalized spacial score (nSPS) is 24.6. The Bertz CT molecular complexity index is 247. The lowest BCUT2D eigenvalue weighted by atomic mass is 9.82. The van der Waals surface area contributed by atoms with Gasteiger partial charge in [0.25, 0.3) is 0 Å². The van der Waals surface area contributed by atoms with Crippen molar-refractivity contribution in [3.63, 3.8) is 0 Å². The fourth-order valence-electron chi connectivity index (χ4n) is 3.01. The van der Waals surface area contributed by atoms with Crippen molar-refractivity contribution >= 4 is 5.91 Å². The summed E-state index contributed by atoms with van der Waals surface area (Å²) in [5.41, 5.74) is 0.416. The standard InChI is InChI=1S/C15H29NO/c1-5-8-12(6-2)14(17)16-11-13-9-7-10-15(13,3)4/h12-13H,5-11H2,1-4H3,(H,16,17)/t12?,13-/m1/s1. The minimum Gasteiger partial charge on any atom is -0.356 e. The minimum absolute atomic E-state index is 0.226. The summed E-state index contributed by atoms with van der Waals surface area (Å²) >= 11 is 0. The van der Waals surface area contributed by atoms with E-state index in [1.165, 1.54) is 19.3 Å². The van der Waals surface area contributed by atoms with Crippen LogP contribution in [0.4, 0.5) is 0 Å². The molecule has 0 spiro atoms. The van der Waals surface area contributed by atoms with Gasteiger partial charge in [-0.1, -0.05) is 40.5 Å². The maximum absolute atomic E-state index is 12.0. The highest BCUT2D eigenvalue weighted by Gasteiger charge is 2.34. The van der Waals surface area contributed by atoms with Crippen molar-refractivity contribution in [2.75, 3.05) is 6.54 Å². The monoisotopic (exact) mass is 239 g/mol. The predicted octanol–water partition coefficient (Wildman–Crippen LogP) is 3.76. The van der Waals surface area contributed by atoms with Crippen LogP contribution in [0.2, 0.25) is 0 Å². The molecule has 100 valence electrons. The molecule has 1 amide bonds. The third-order valence-corrected chi connectivity index (χ3v) is 4.50.